The maximum Gasteiger partial charge on any atom is 0.248 e. The summed E-state index contributed by atoms with van der Waals surface area (Å²) in [6.45, 7) is 7.63. The Hall–Kier alpha value is -4.24. The number of carbonyl (C=O) groups is 1. The summed E-state index contributed by atoms with van der Waals surface area (Å²) in [4.78, 5) is 27.6. The van der Waals surface area contributed by atoms with Gasteiger partial charge in [0.1, 0.15) is 30.3 Å². The molecule has 0 spiro atoms. The summed E-state index contributed by atoms with van der Waals surface area (Å²) in [7, 11) is 0. The second-order valence-electron chi connectivity index (χ2n) is 11.0. The quantitative estimate of drug-likeness (QED) is 0.418. The molecule has 4 heterocycles. The van der Waals surface area contributed by atoms with Crippen LogP contribution in [0, 0.1) is 11.3 Å². The number of nitrogens with one attached hydrogen (secondary N) is 1. The number of aliphatic hydroxyl groups is 1. The molecule has 11 nitrogen and oxygen atoms in total. The fourth-order valence-electron chi connectivity index (χ4n) is 5.79. The van der Waals surface area contributed by atoms with Gasteiger partial charge in [-0.15, -0.1) is 0 Å². The number of aromatic nitrogens is 2. The Morgan fingerprint density at radius 3 is 2.62 bits per heavy atom. The molecule has 3 aliphatic rings. The minimum absolute atomic E-state index is 0.0393. The van der Waals surface area contributed by atoms with Crippen molar-refractivity contribution in [1.82, 2.24) is 19.8 Å². The summed E-state index contributed by atoms with van der Waals surface area (Å²) in [6, 6.07) is 18.2. The van der Waals surface area contributed by atoms with Crippen LogP contribution in [-0.2, 0) is 9.53 Å². The molecule has 42 heavy (non-hydrogen) atoms. The average Bonchev–Trinajstić information content (AvgIpc) is 3.36. The molecule has 2 N–H and O–H groups in total. The highest BCUT2D eigenvalue weighted by atomic mass is 16.5. The van der Waals surface area contributed by atoms with E-state index in [0.29, 0.717) is 47.5 Å². The van der Waals surface area contributed by atoms with Crippen LogP contribution in [0.15, 0.2) is 54.7 Å². The SMILES string of the molecule is C[C@H]1C[C@@H](Oc2ccc(-c3nccc(Nc4ccc(N5CCN(C6COC6)CC5)cc4)n3)cc2C#N)CN1C(=O)CO. The number of carbonyl (C=O) groups excluding carboxylic acids is 1. The highest BCUT2D eigenvalue weighted by Crippen LogP contribution is 2.29. The predicted molar refractivity (Wildman–Crippen MR) is 158 cm³/mol. The summed E-state index contributed by atoms with van der Waals surface area (Å²) in [5.74, 6) is 1.27. The zero-order valence-corrected chi connectivity index (χ0v) is 23.6. The Morgan fingerprint density at radius 2 is 1.93 bits per heavy atom. The zero-order chi connectivity index (χ0) is 29.1. The van der Waals surface area contributed by atoms with Crippen LogP contribution < -0.4 is 15.0 Å². The molecule has 0 saturated carbocycles. The lowest BCUT2D eigenvalue weighted by atomic mass is 10.1. The van der Waals surface area contributed by atoms with Crippen molar-refractivity contribution in [3.63, 3.8) is 0 Å². The fourth-order valence-corrected chi connectivity index (χ4v) is 5.79. The highest BCUT2D eigenvalue weighted by molar-refractivity contribution is 5.78. The monoisotopic (exact) mass is 569 g/mol. The largest absolute Gasteiger partial charge is 0.487 e. The molecular formula is C31H35N7O4. The van der Waals surface area contributed by atoms with E-state index in [9.17, 15) is 15.2 Å². The van der Waals surface area contributed by atoms with Gasteiger partial charge in [0, 0.05) is 61.8 Å². The van der Waals surface area contributed by atoms with Crippen LogP contribution in [0.1, 0.15) is 18.9 Å². The highest BCUT2D eigenvalue weighted by Gasteiger charge is 2.34. The van der Waals surface area contributed by atoms with E-state index in [1.54, 1.807) is 23.2 Å². The maximum atomic E-state index is 12.0. The molecule has 0 bridgehead atoms. The first kappa shape index (κ1) is 27.9. The van der Waals surface area contributed by atoms with Gasteiger partial charge in [-0.3, -0.25) is 9.69 Å². The summed E-state index contributed by atoms with van der Waals surface area (Å²) >= 11 is 0. The fraction of sp³-hybridized carbons (Fsp3) is 0.419. The van der Waals surface area contributed by atoms with Crippen molar-refractivity contribution in [1.29, 1.82) is 5.26 Å². The van der Waals surface area contributed by atoms with E-state index in [0.717, 1.165) is 45.1 Å². The second-order valence-corrected chi connectivity index (χ2v) is 11.0. The molecule has 2 atom stereocenters. The van der Waals surface area contributed by atoms with Crippen LogP contribution in [0.3, 0.4) is 0 Å². The number of rotatable bonds is 8. The third kappa shape index (κ3) is 6.01. The number of benzene rings is 2. The van der Waals surface area contributed by atoms with Crippen LogP contribution in [0.2, 0.25) is 0 Å². The first-order valence-corrected chi connectivity index (χ1v) is 14.4. The van der Waals surface area contributed by atoms with Crippen molar-refractivity contribution in [2.45, 2.75) is 31.5 Å². The van der Waals surface area contributed by atoms with Crippen molar-refractivity contribution in [3.05, 3.63) is 60.3 Å². The molecule has 3 aromatic rings. The van der Waals surface area contributed by atoms with E-state index in [4.69, 9.17) is 9.47 Å². The number of likely N-dealkylation sites (tertiary alicyclic amines) is 1. The van der Waals surface area contributed by atoms with E-state index in [-0.39, 0.29) is 18.1 Å². The van der Waals surface area contributed by atoms with Gasteiger partial charge in [0.15, 0.2) is 5.82 Å². The molecule has 3 fully saturated rings. The Balaban J connectivity index is 1.09. The Bertz CT molecular complexity index is 1450. The van der Waals surface area contributed by atoms with E-state index in [2.05, 4.69) is 55.4 Å². The number of nitrogens with zero attached hydrogens (tertiary/aromatic N) is 6. The number of aliphatic hydroxyl groups excluding tert-OH is 1. The maximum absolute atomic E-state index is 12.0. The number of hydrogen-bond donors (Lipinski definition) is 2. The van der Waals surface area contributed by atoms with Gasteiger partial charge in [-0.2, -0.15) is 5.26 Å². The molecule has 11 heteroatoms. The molecule has 0 radical (unpaired) electrons. The Kier molecular flexibility index (Phi) is 8.19. The summed E-state index contributed by atoms with van der Waals surface area (Å²) in [5, 5.41) is 22.4. The smallest absolute Gasteiger partial charge is 0.248 e. The predicted octanol–water partition coefficient (Wildman–Crippen LogP) is 2.64. The van der Waals surface area contributed by atoms with Gasteiger partial charge in [-0.05, 0) is 55.5 Å². The minimum atomic E-state index is -0.525. The molecule has 0 aliphatic carbocycles. The lowest BCUT2D eigenvalue weighted by Gasteiger charge is -2.43. The van der Waals surface area contributed by atoms with Crippen LogP contribution in [-0.4, -0.2) is 102 Å². The van der Waals surface area contributed by atoms with Gasteiger partial charge in [0.05, 0.1) is 31.4 Å². The van der Waals surface area contributed by atoms with E-state index >= 15 is 0 Å². The molecule has 2 aromatic carbocycles. The van der Waals surface area contributed by atoms with Crippen LogP contribution in [0.5, 0.6) is 5.75 Å². The Morgan fingerprint density at radius 1 is 1.14 bits per heavy atom. The van der Waals surface area contributed by atoms with Gasteiger partial charge in [-0.1, -0.05) is 0 Å². The molecule has 6 rings (SSSR count). The van der Waals surface area contributed by atoms with Crippen LogP contribution in [0.4, 0.5) is 17.2 Å². The van der Waals surface area contributed by atoms with Crippen molar-refractivity contribution in [3.8, 4) is 23.2 Å². The molecule has 3 aliphatic heterocycles. The standard InChI is InChI=1S/C31H35N7O4/c1-21-14-27(17-38(21)30(40)18-39)42-28-7-2-22(15-23(28)16-32)31-33-9-8-29(35-31)34-24-3-5-25(6-4-24)36-10-12-37(13-11-36)26-19-41-20-26/h2-9,15,21,26-27,39H,10-14,17-20H2,1H3,(H,33,34,35)/t21-,27+/m0/s1. The van der Waals surface area contributed by atoms with E-state index < -0.39 is 6.61 Å². The number of anilines is 3. The van der Waals surface area contributed by atoms with Crippen LogP contribution in [0.25, 0.3) is 11.4 Å². The summed E-state index contributed by atoms with van der Waals surface area (Å²) in [5.41, 5.74) is 3.20. The van der Waals surface area contributed by atoms with Gasteiger partial charge in [0.2, 0.25) is 5.91 Å². The van der Waals surface area contributed by atoms with Gasteiger partial charge >= 0.3 is 0 Å². The number of nitriles is 1. The number of piperazine rings is 1. The minimum Gasteiger partial charge on any atom is -0.487 e. The van der Waals surface area contributed by atoms with Gasteiger partial charge < -0.3 is 29.7 Å². The second kappa shape index (κ2) is 12.3. The molecule has 0 unspecified atom stereocenters. The third-order valence-corrected chi connectivity index (χ3v) is 8.26. The summed E-state index contributed by atoms with van der Waals surface area (Å²) in [6.07, 6.45) is 2.06. The van der Waals surface area contributed by atoms with E-state index in [1.165, 1.54) is 5.69 Å². The first-order valence-electron chi connectivity index (χ1n) is 14.4. The lowest BCUT2D eigenvalue weighted by Crippen LogP contribution is -2.56. The third-order valence-electron chi connectivity index (χ3n) is 8.26. The molecular weight excluding hydrogens is 534 g/mol. The molecule has 218 valence electrons. The van der Waals surface area contributed by atoms with Crippen molar-refractivity contribution in [2.75, 3.05) is 62.8 Å². The molecule has 1 amide bonds. The first-order chi connectivity index (χ1) is 20.5. The molecule has 3 saturated heterocycles. The number of ether oxygens (including phenoxy) is 2. The normalized spacial score (nSPS) is 21.1. The lowest BCUT2D eigenvalue weighted by molar-refractivity contribution is -0.134. The number of hydrogen-bond acceptors (Lipinski definition) is 10. The van der Waals surface area contributed by atoms with Crippen molar-refractivity contribution < 1.29 is 19.4 Å². The zero-order valence-electron chi connectivity index (χ0n) is 23.6. The van der Waals surface area contributed by atoms with Crippen molar-refractivity contribution in [2.24, 2.45) is 0 Å². The van der Waals surface area contributed by atoms with Gasteiger partial charge in [0.25, 0.3) is 0 Å². The topological polar surface area (TPSA) is 127 Å². The Labute approximate surface area is 245 Å². The summed E-state index contributed by atoms with van der Waals surface area (Å²) < 4.78 is 11.4. The molecule has 1 aromatic heterocycles. The average molecular weight is 570 g/mol. The van der Waals surface area contributed by atoms with Crippen LogP contribution >= 0.6 is 0 Å². The number of amides is 1. The van der Waals surface area contributed by atoms with Crippen molar-refractivity contribution >= 4 is 23.1 Å². The van der Waals surface area contributed by atoms with Gasteiger partial charge in [-0.25, -0.2) is 9.97 Å². The van der Waals surface area contributed by atoms with E-state index in [1.807, 2.05) is 19.1 Å².